The molecule has 1 saturated carbocycles. The van der Waals surface area contributed by atoms with Crippen LogP contribution in [0, 0.1) is 5.92 Å². The number of carbonyl (C=O) groups excluding carboxylic acids is 3. The lowest BCUT2D eigenvalue weighted by molar-refractivity contribution is -0.0123. The standard InChI is InChI=1S/C35H51N5O6/c1-24-21-40(25(2)23-41)34(43)30-20-29(37-33(42)27-15-17-36-18-16-27)13-14-31(30)46-26(3)10-8-9-19-45-32(24)22-39(4)35(44)38-28-11-6-5-7-12-28/h13-18,20,24-26,28,32,41H,5-12,19,21-23H2,1-4H3,(H,37,42)(H,38,44)/t24-,25-,26-,32+/m1/s1. The minimum absolute atomic E-state index is 0.111. The fourth-order valence-electron chi connectivity index (χ4n) is 6.05. The Bertz CT molecular complexity index is 1290. The van der Waals surface area contributed by atoms with E-state index in [4.69, 9.17) is 9.47 Å². The summed E-state index contributed by atoms with van der Waals surface area (Å²) in [5, 5.41) is 16.3. The summed E-state index contributed by atoms with van der Waals surface area (Å²) in [6, 6.07) is 7.90. The predicted octanol–water partition coefficient (Wildman–Crippen LogP) is 5.10. The van der Waals surface area contributed by atoms with Gasteiger partial charge in [0.15, 0.2) is 0 Å². The van der Waals surface area contributed by atoms with Crippen LogP contribution in [0.25, 0.3) is 0 Å². The third-order valence-corrected chi connectivity index (χ3v) is 8.99. The number of nitrogens with one attached hydrogen (secondary N) is 2. The molecule has 0 saturated heterocycles. The molecule has 0 bridgehead atoms. The zero-order chi connectivity index (χ0) is 33.1. The van der Waals surface area contributed by atoms with E-state index in [-0.39, 0.29) is 55.2 Å². The molecule has 3 N–H and O–H groups in total. The van der Waals surface area contributed by atoms with Crippen molar-refractivity contribution in [2.24, 2.45) is 5.92 Å². The van der Waals surface area contributed by atoms with Gasteiger partial charge in [-0.2, -0.15) is 0 Å². The van der Waals surface area contributed by atoms with E-state index >= 15 is 0 Å². The predicted molar refractivity (Wildman–Crippen MR) is 177 cm³/mol. The van der Waals surface area contributed by atoms with E-state index in [1.54, 1.807) is 66.5 Å². The highest BCUT2D eigenvalue weighted by molar-refractivity contribution is 6.05. The van der Waals surface area contributed by atoms with Crippen LogP contribution in [0.3, 0.4) is 0 Å². The van der Waals surface area contributed by atoms with Crippen LogP contribution in [-0.4, -0.2) is 95.4 Å². The van der Waals surface area contributed by atoms with Gasteiger partial charge in [-0.05, 0) is 76.3 Å². The van der Waals surface area contributed by atoms with Gasteiger partial charge in [0, 0.05) is 62.3 Å². The number of ether oxygens (including phenoxy) is 2. The molecule has 11 nitrogen and oxygen atoms in total. The molecule has 11 heteroatoms. The van der Waals surface area contributed by atoms with Crippen molar-refractivity contribution in [2.75, 3.05) is 38.7 Å². The number of urea groups is 1. The summed E-state index contributed by atoms with van der Waals surface area (Å²) in [5.74, 6) is -0.388. The summed E-state index contributed by atoms with van der Waals surface area (Å²) < 4.78 is 12.7. The topological polar surface area (TPSA) is 133 Å². The van der Waals surface area contributed by atoms with Gasteiger partial charge < -0.3 is 35.0 Å². The Balaban J connectivity index is 1.58. The van der Waals surface area contributed by atoms with Gasteiger partial charge >= 0.3 is 6.03 Å². The van der Waals surface area contributed by atoms with E-state index in [2.05, 4.69) is 15.6 Å². The lowest BCUT2D eigenvalue weighted by Crippen LogP contribution is -2.50. The van der Waals surface area contributed by atoms with E-state index in [0.717, 1.165) is 44.9 Å². The molecule has 4 amide bonds. The smallest absolute Gasteiger partial charge is 0.317 e. The number of carbonyl (C=O) groups is 3. The lowest BCUT2D eigenvalue weighted by atomic mass is 9.96. The zero-order valence-corrected chi connectivity index (χ0v) is 27.7. The Morgan fingerprint density at radius 1 is 1.07 bits per heavy atom. The van der Waals surface area contributed by atoms with Crippen molar-refractivity contribution in [1.82, 2.24) is 20.1 Å². The van der Waals surface area contributed by atoms with Crippen molar-refractivity contribution in [3.8, 4) is 5.75 Å². The van der Waals surface area contributed by atoms with Gasteiger partial charge in [0.05, 0.1) is 30.4 Å². The van der Waals surface area contributed by atoms with Crippen LogP contribution in [0.15, 0.2) is 42.7 Å². The van der Waals surface area contributed by atoms with Gasteiger partial charge in [-0.15, -0.1) is 0 Å². The molecule has 1 aliphatic carbocycles. The molecule has 252 valence electrons. The summed E-state index contributed by atoms with van der Waals surface area (Å²) >= 11 is 0. The van der Waals surface area contributed by atoms with Gasteiger partial charge in [-0.1, -0.05) is 26.2 Å². The second-order valence-electron chi connectivity index (χ2n) is 12.9. The highest BCUT2D eigenvalue weighted by Gasteiger charge is 2.31. The Kier molecular flexibility index (Phi) is 13.2. The molecule has 1 aromatic heterocycles. The number of aromatic nitrogens is 1. The Hall–Kier alpha value is -3.70. The molecule has 0 spiro atoms. The van der Waals surface area contributed by atoms with E-state index in [9.17, 15) is 19.5 Å². The van der Waals surface area contributed by atoms with Crippen molar-refractivity contribution in [3.05, 3.63) is 53.9 Å². The number of fused-ring (bicyclic) bond motifs is 1. The van der Waals surface area contributed by atoms with Crippen LogP contribution >= 0.6 is 0 Å². The van der Waals surface area contributed by atoms with Crippen molar-refractivity contribution in [1.29, 1.82) is 0 Å². The average Bonchev–Trinajstić information content (AvgIpc) is 3.06. The molecule has 2 heterocycles. The first-order valence-corrected chi connectivity index (χ1v) is 16.7. The third-order valence-electron chi connectivity index (χ3n) is 8.99. The molecule has 46 heavy (non-hydrogen) atoms. The van der Waals surface area contributed by atoms with Crippen LogP contribution in [0.2, 0.25) is 0 Å². The number of nitrogens with zero attached hydrogens (tertiary/aromatic N) is 3. The van der Waals surface area contributed by atoms with Gasteiger partial charge in [0.1, 0.15) is 5.75 Å². The Morgan fingerprint density at radius 2 is 1.78 bits per heavy atom. The first-order chi connectivity index (χ1) is 22.2. The van der Waals surface area contributed by atoms with E-state index in [0.29, 0.717) is 35.7 Å². The summed E-state index contributed by atoms with van der Waals surface area (Å²) in [6.07, 6.45) is 10.6. The number of hydrogen-bond donors (Lipinski definition) is 3. The van der Waals surface area contributed by atoms with Gasteiger partial charge in [-0.3, -0.25) is 14.6 Å². The quantitative estimate of drug-likeness (QED) is 0.385. The molecule has 1 aliphatic heterocycles. The van der Waals surface area contributed by atoms with Gasteiger partial charge in [0.2, 0.25) is 0 Å². The summed E-state index contributed by atoms with van der Waals surface area (Å²) in [7, 11) is 1.79. The highest BCUT2D eigenvalue weighted by atomic mass is 16.5. The zero-order valence-electron chi connectivity index (χ0n) is 27.7. The molecule has 2 aromatic rings. The monoisotopic (exact) mass is 637 g/mol. The molecular weight excluding hydrogens is 586 g/mol. The van der Waals surface area contributed by atoms with Crippen LogP contribution in [0.1, 0.15) is 92.9 Å². The first kappa shape index (κ1) is 35.2. The fourth-order valence-corrected chi connectivity index (χ4v) is 6.05. The number of aliphatic hydroxyl groups is 1. The third kappa shape index (κ3) is 9.90. The second kappa shape index (κ2) is 17.3. The SMILES string of the molecule is C[C@@H]1CCCCO[C@@H](CN(C)C(=O)NC2CCCCC2)[C@H](C)CN([C@H](C)CO)C(=O)c2cc(NC(=O)c3ccncc3)ccc2O1. The van der Waals surface area contributed by atoms with Crippen molar-refractivity contribution >= 4 is 23.5 Å². The van der Waals surface area contributed by atoms with Gasteiger partial charge in [-0.25, -0.2) is 4.79 Å². The molecular formula is C35H51N5O6. The van der Waals surface area contributed by atoms with Gasteiger partial charge in [0.25, 0.3) is 11.8 Å². The maximum atomic E-state index is 14.3. The minimum atomic E-state index is -0.504. The maximum absolute atomic E-state index is 14.3. The number of pyridine rings is 1. The summed E-state index contributed by atoms with van der Waals surface area (Å²) in [4.78, 5) is 47.6. The van der Waals surface area contributed by atoms with Crippen LogP contribution in [-0.2, 0) is 4.74 Å². The number of benzene rings is 1. The average molecular weight is 638 g/mol. The largest absolute Gasteiger partial charge is 0.490 e. The second-order valence-corrected chi connectivity index (χ2v) is 12.9. The fraction of sp³-hybridized carbons (Fsp3) is 0.600. The highest BCUT2D eigenvalue weighted by Crippen LogP contribution is 2.29. The number of aliphatic hydroxyl groups excluding tert-OH is 1. The van der Waals surface area contributed by atoms with Crippen molar-refractivity contribution in [2.45, 2.75) is 96.4 Å². The van der Waals surface area contributed by atoms with Crippen LogP contribution in [0.5, 0.6) is 5.75 Å². The number of likely N-dealkylation sites (N-methyl/N-ethyl adjacent to an activating group) is 1. The van der Waals surface area contributed by atoms with E-state index in [1.165, 1.54) is 6.42 Å². The molecule has 4 atom stereocenters. The van der Waals surface area contributed by atoms with Crippen molar-refractivity contribution < 1.29 is 29.0 Å². The van der Waals surface area contributed by atoms with Crippen LogP contribution < -0.4 is 15.4 Å². The minimum Gasteiger partial charge on any atom is -0.490 e. The summed E-state index contributed by atoms with van der Waals surface area (Å²) in [5.41, 5.74) is 1.19. The first-order valence-electron chi connectivity index (χ1n) is 16.7. The summed E-state index contributed by atoms with van der Waals surface area (Å²) in [6.45, 7) is 6.73. The molecule has 1 fully saturated rings. The molecule has 0 radical (unpaired) electrons. The van der Waals surface area contributed by atoms with E-state index < -0.39 is 6.04 Å². The Morgan fingerprint density at radius 3 is 2.50 bits per heavy atom. The maximum Gasteiger partial charge on any atom is 0.317 e. The number of anilines is 1. The molecule has 4 rings (SSSR count). The van der Waals surface area contributed by atoms with E-state index in [1.807, 2.05) is 13.8 Å². The van der Waals surface area contributed by atoms with Crippen molar-refractivity contribution in [3.63, 3.8) is 0 Å². The Labute approximate surface area is 273 Å². The molecule has 2 aliphatic rings. The van der Waals surface area contributed by atoms with Crippen LogP contribution in [0.4, 0.5) is 10.5 Å². The number of rotatable bonds is 7. The lowest BCUT2D eigenvalue weighted by Gasteiger charge is -2.36. The number of amides is 4. The normalized spacial score (nSPS) is 22.5. The molecule has 0 unspecified atom stereocenters. The number of hydrogen-bond acceptors (Lipinski definition) is 7. The molecule has 1 aromatic carbocycles.